The van der Waals surface area contributed by atoms with Crippen LogP contribution < -0.4 is 28.4 Å². The Bertz CT molecular complexity index is 2840. The molecule has 10 rings (SSSR count). The van der Waals surface area contributed by atoms with E-state index in [0.29, 0.717) is 116 Å². The van der Waals surface area contributed by atoms with Gasteiger partial charge in [-0.25, -0.2) is 28.1 Å². The first-order valence-electron chi connectivity index (χ1n) is 17.8. The number of benzene rings is 7. The van der Waals surface area contributed by atoms with Crippen LogP contribution in [0.3, 0.4) is 0 Å². The molecule has 0 spiro atoms. The van der Waals surface area contributed by atoms with Gasteiger partial charge in [0, 0.05) is 32.3 Å². The van der Waals surface area contributed by atoms with E-state index >= 15 is 0 Å². The van der Waals surface area contributed by atoms with Gasteiger partial charge in [-0.3, -0.25) is 0 Å². The summed E-state index contributed by atoms with van der Waals surface area (Å²) in [7, 11) is 9.21. The van der Waals surface area contributed by atoms with Crippen LogP contribution in [-0.4, -0.2) is 57.6 Å². The molecular weight excluding hydrogens is 736 g/mol. The molecule has 0 saturated heterocycles. The highest BCUT2D eigenvalue weighted by molar-refractivity contribution is 6.49. The summed E-state index contributed by atoms with van der Waals surface area (Å²) >= 11 is 0. The molecule has 0 aliphatic carbocycles. The standard InChI is InChI=1S/C45H30F3N3O6/c1-52-40-25(19-7-13-22(46)14-8-19)37-31-28-32-30-33-29(31)35(44(49-37)56-5)42(54-3)27(21-11-17-24(48)18-12-21)39(33)51-45(57-6)36(30)41(53-2)26(20-9-15-23(47)16-10-20)38(32)50-43(55-4)34(28)40/h7-18H,1-6H3. The van der Waals surface area contributed by atoms with Gasteiger partial charge in [-0.2, -0.15) is 0 Å². The van der Waals surface area contributed by atoms with Gasteiger partial charge in [-0.15, -0.1) is 0 Å². The van der Waals surface area contributed by atoms with Gasteiger partial charge in [0.15, 0.2) is 0 Å². The Morgan fingerprint density at radius 1 is 0.316 bits per heavy atom. The van der Waals surface area contributed by atoms with Crippen LogP contribution in [0.1, 0.15) is 0 Å². The largest absolute Gasteiger partial charge is 0.495 e. The Labute approximate surface area is 322 Å². The van der Waals surface area contributed by atoms with Crippen molar-refractivity contribution in [3.8, 4) is 68.3 Å². The van der Waals surface area contributed by atoms with Crippen molar-refractivity contribution in [1.82, 2.24) is 15.0 Å². The number of rotatable bonds is 9. The first kappa shape index (κ1) is 34.4. The molecule has 0 unspecified atom stereocenters. The molecule has 0 amide bonds. The van der Waals surface area contributed by atoms with Crippen molar-refractivity contribution in [1.29, 1.82) is 0 Å². The van der Waals surface area contributed by atoms with Crippen LogP contribution in [0.15, 0.2) is 72.8 Å². The predicted molar refractivity (Wildman–Crippen MR) is 214 cm³/mol. The van der Waals surface area contributed by atoms with Gasteiger partial charge in [0.25, 0.3) is 0 Å². The minimum absolute atomic E-state index is 0.226. The molecule has 3 aromatic heterocycles. The molecule has 0 fully saturated rings. The fourth-order valence-corrected chi connectivity index (χ4v) is 8.75. The quantitative estimate of drug-likeness (QED) is 0.105. The minimum Gasteiger partial charge on any atom is -0.495 e. The minimum atomic E-state index is -0.413. The molecule has 282 valence electrons. The monoisotopic (exact) mass is 765 g/mol. The fraction of sp³-hybridized carbons (Fsp3) is 0.133. The summed E-state index contributed by atoms with van der Waals surface area (Å²) in [5, 5.41) is 5.67. The maximum absolute atomic E-state index is 14.5. The molecule has 12 heteroatoms. The molecule has 0 N–H and O–H groups in total. The molecule has 9 nitrogen and oxygen atoms in total. The molecule has 57 heavy (non-hydrogen) atoms. The number of hydrogen-bond acceptors (Lipinski definition) is 9. The van der Waals surface area contributed by atoms with E-state index in [2.05, 4.69) is 0 Å². The van der Waals surface area contributed by atoms with E-state index in [9.17, 15) is 13.2 Å². The van der Waals surface area contributed by atoms with Gasteiger partial charge in [0.2, 0.25) is 17.6 Å². The Hall–Kier alpha value is -7.08. The molecule has 0 saturated carbocycles. The van der Waals surface area contributed by atoms with Gasteiger partial charge >= 0.3 is 0 Å². The van der Waals surface area contributed by atoms with Crippen molar-refractivity contribution in [3.63, 3.8) is 0 Å². The molecule has 0 radical (unpaired) electrons. The lowest BCUT2D eigenvalue weighted by Gasteiger charge is -2.28. The smallest absolute Gasteiger partial charge is 0.225 e. The van der Waals surface area contributed by atoms with Crippen LogP contribution in [0.2, 0.25) is 0 Å². The molecule has 10 aromatic rings. The molecule has 0 atom stereocenters. The second kappa shape index (κ2) is 12.5. The van der Waals surface area contributed by atoms with Crippen LogP contribution in [0.4, 0.5) is 13.2 Å². The third kappa shape index (κ3) is 4.49. The topological polar surface area (TPSA) is 94.1 Å². The number of halogens is 3. The number of aromatic nitrogens is 3. The number of hydrogen-bond donors (Lipinski definition) is 0. The summed E-state index contributed by atoms with van der Waals surface area (Å²) in [6, 6.07) is 18.2. The fourth-order valence-electron chi connectivity index (χ4n) is 8.75. The number of nitrogens with zero attached hydrogens (tertiary/aromatic N) is 3. The molecule has 7 aromatic carbocycles. The van der Waals surface area contributed by atoms with Crippen LogP contribution in [-0.2, 0) is 0 Å². The van der Waals surface area contributed by atoms with Crippen molar-refractivity contribution < 1.29 is 41.6 Å². The first-order chi connectivity index (χ1) is 27.8. The Morgan fingerprint density at radius 2 is 0.561 bits per heavy atom. The van der Waals surface area contributed by atoms with Crippen molar-refractivity contribution >= 4 is 65.0 Å². The second-order valence-electron chi connectivity index (χ2n) is 13.5. The van der Waals surface area contributed by atoms with E-state index in [4.69, 9.17) is 43.4 Å². The van der Waals surface area contributed by atoms with E-state index < -0.39 is 17.5 Å². The van der Waals surface area contributed by atoms with E-state index in [1.807, 2.05) is 0 Å². The lowest BCUT2D eigenvalue weighted by molar-refractivity contribution is 0.394. The first-order valence-corrected chi connectivity index (χ1v) is 17.8. The second-order valence-corrected chi connectivity index (χ2v) is 13.5. The summed E-state index contributed by atoms with van der Waals surface area (Å²) < 4.78 is 80.7. The Morgan fingerprint density at radius 3 is 0.772 bits per heavy atom. The van der Waals surface area contributed by atoms with Crippen LogP contribution in [0.5, 0.6) is 34.9 Å². The zero-order valence-corrected chi connectivity index (χ0v) is 31.4. The summed E-state index contributed by atoms with van der Waals surface area (Å²) in [6.45, 7) is 0. The summed E-state index contributed by atoms with van der Waals surface area (Å²) in [4.78, 5) is 15.7. The highest BCUT2D eigenvalue weighted by Gasteiger charge is 2.37. The van der Waals surface area contributed by atoms with Crippen molar-refractivity contribution in [2.24, 2.45) is 0 Å². The number of ether oxygens (including phenoxy) is 6. The van der Waals surface area contributed by atoms with E-state index in [1.54, 1.807) is 57.7 Å². The maximum atomic E-state index is 14.5. The highest BCUT2D eigenvalue weighted by atomic mass is 19.1. The molecule has 0 aliphatic heterocycles. The van der Waals surface area contributed by atoms with E-state index in [0.717, 1.165) is 0 Å². The lowest BCUT2D eigenvalue weighted by atomic mass is 9.81. The predicted octanol–water partition coefficient (Wildman–Crippen LogP) is 10.6. The van der Waals surface area contributed by atoms with Crippen molar-refractivity contribution in [3.05, 3.63) is 90.2 Å². The zero-order chi connectivity index (χ0) is 39.4. The van der Waals surface area contributed by atoms with Gasteiger partial charge in [0.05, 0.1) is 92.1 Å². The van der Waals surface area contributed by atoms with E-state index in [-0.39, 0.29) is 17.6 Å². The van der Waals surface area contributed by atoms with Crippen LogP contribution in [0.25, 0.3) is 98.4 Å². The highest BCUT2D eigenvalue weighted by Crippen LogP contribution is 2.62. The third-order valence-corrected chi connectivity index (χ3v) is 10.9. The van der Waals surface area contributed by atoms with E-state index in [1.165, 1.54) is 57.7 Å². The third-order valence-electron chi connectivity index (χ3n) is 10.9. The van der Waals surface area contributed by atoms with Crippen molar-refractivity contribution in [2.45, 2.75) is 0 Å². The molecule has 0 bridgehead atoms. The van der Waals surface area contributed by atoms with Gasteiger partial charge in [-0.1, -0.05) is 36.4 Å². The number of methoxy groups -OCH3 is 6. The van der Waals surface area contributed by atoms with Crippen LogP contribution in [0, 0.1) is 17.5 Å². The molecule has 0 aliphatic rings. The summed E-state index contributed by atoms with van der Waals surface area (Å²) in [5.74, 6) is 0.582. The van der Waals surface area contributed by atoms with Gasteiger partial charge in [-0.05, 0) is 53.1 Å². The van der Waals surface area contributed by atoms with Crippen molar-refractivity contribution in [2.75, 3.05) is 42.7 Å². The Balaban J connectivity index is 1.62. The Kier molecular flexibility index (Phi) is 7.53. The summed E-state index contributed by atoms with van der Waals surface area (Å²) in [5.41, 5.74) is 4.92. The van der Waals surface area contributed by atoms with Gasteiger partial charge < -0.3 is 28.4 Å². The zero-order valence-electron chi connectivity index (χ0n) is 31.4. The SMILES string of the molecule is COc1nc2c(-c3ccc(F)cc3)c(OC)c3c(OC)nc4c(-c5ccc(F)cc5)c(OC)c5c(OC)nc6c(-c7ccc(F)cc7)c(OC)c1c1c6c5c4c3c21. The lowest BCUT2D eigenvalue weighted by Crippen LogP contribution is -2.07. The van der Waals surface area contributed by atoms with Crippen LogP contribution >= 0.6 is 0 Å². The molecule has 3 heterocycles. The summed E-state index contributed by atoms with van der Waals surface area (Å²) in [6.07, 6.45) is 0. The maximum Gasteiger partial charge on any atom is 0.225 e. The average Bonchev–Trinajstić information content (AvgIpc) is 3.24. The average molecular weight is 766 g/mol. The number of pyridine rings is 3. The normalized spacial score (nSPS) is 11.9. The molecular formula is C45H30F3N3O6. The van der Waals surface area contributed by atoms with Gasteiger partial charge in [0.1, 0.15) is 34.7 Å².